The zero-order valence-corrected chi connectivity index (χ0v) is 17.7. The largest absolute Gasteiger partial charge is 0.479 e. The van der Waals surface area contributed by atoms with Crippen LogP contribution in [0.3, 0.4) is 0 Å². The standard InChI is InChI=1S/C23H26N2O6/c1-14(2)21(22(28)25(3)31-13-20(26)27)24-23(29)30-12-19-17-10-6-4-8-15(17)16-9-5-7-11-18(16)19/h4-11,14,19,21H,12-13H2,1-3H3,(H,24,29)(H,26,27)/t21-/m1/s1. The van der Waals surface area contributed by atoms with Crippen LogP contribution >= 0.6 is 0 Å². The molecule has 8 heteroatoms. The number of carbonyl (C=O) groups excluding carboxylic acids is 2. The van der Waals surface area contributed by atoms with Crippen LogP contribution < -0.4 is 5.32 Å². The second-order valence-electron chi connectivity index (χ2n) is 7.69. The lowest BCUT2D eigenvalue weighted by atomic mass is 9.98. The summed E-state index contributed by atoms with van der Waals surface area (Å²) in [5.41, 5.74) is 4.43. The average Bonchev–Trinajstić information content (AvgIpc) is 3.07. The highest BCUT2D eigenvalue weighted by Crippen LogP contribution is 2.44. The Morgan fingerprint density at radius 1 is 1.03 bits per heavy atom. The number of carboxylic acids is 1. The first-order valence-electron chi connectivity index (χ1n) is 10.0. The van der Waals surface area contributed by atoms with Crippen LogP contribution in [0.15, 0.2) is 48.5 Å². The van der Waals surface area contributed by atoms with Crippen molar-refractivity contribution >= 4 is 18.0 Å². The fourth-order valence-electron chi connectivity index (χ4n) is 3.69. The monoisotopic (exact) mass is 426 g/mol. The van der Waals surface area contributed by atoms with Crippen molar-refractivity contribution in [3.05, 3.63) is 59.7 Å². The number of hydrogen-bond acceptors (Lipinski definition) is 5. The van der Waals surface area contributed by atoms with Crippen molar-refractivity contribution in [2.45, 2.75) is 25.8 Å². The molecule has 0 fully saturated rings. The van der Waals surface area contributed by atoms with Crippen molar-refractivity contribution in [1.82, 2.24) is 10.4 Å². The Kier molecular flexibility index (Phi) is 6.91. The van der Waals surface area contributed by atoms with Gasteiger partial charge in [0.05, 0.1) is 0 Å². The summed E-state index contributed by atoms with van der Waals surface area (Å²) in [6, 6.07) is 15.1. The lowest BCUT2D eigenvalue weighted by Gasteiger charge is -2.26. The minimum absolute atomic E-state index is 0.0899. The third-order valence-corrected chi connectivity index (χ3v) is 5.24. The van der Waals surface area contributed by atoms with Gasteiger partial charge in [-0.1, -0.05) is 62.4 Å². The number of alkyl carbamates (subject to hydrolysis) is 1. The number of ether oxygens (including phenoxy) is 1. The molecule has 0 heterocycles. The van der Waals surface area contributed by atoms with Gasteiger partial charge in [0.25, 0.3) is 5.91 Å². The Morgan fingerprint density at radius 3 is 2.10 bits per heavy atom. The average molecular weight is 426 g/mol. The summed E-state index contributed by atoms with van der Waals surface area (Å²) in [6.45, 7) is 3.00. The third-order valence-electron chi connectivity index (χ3n) is 5.24. The summed E-state index contributed by atoms with van der Waals surface area (Å²) in [6.07, 6.45) is -0.722. The van der Waals surface area contributed by atoms with E-state index in [1.54, 1.807) is 13.8 Å². The number of nitrogens with one attached hydrogen (secondary N) is 1. The van der Waals surface area contributed by atoms with Gasteiger partial charge >= 0.3 is 12.1 Å². The van der Waals surface area contributed by atoms with Gasteiger partial charge in [0.15, 0.2) is 6.61 Å². The van der Waals surface area contributed by atoms with Crippen molar-refractivity contribution in [2.24, 2.45) is 5.92 Å². The lowest BCUT2D eigenvalue weighted by molar-refractivity contribution is -0.188. The minimum atomic E-state index is -1.20. The number of amides is 2. The second kappa shape index (κ2) is 9.61. The molecule has 8 nitrogen and oxygen atoms in total. The Labute approximate surface area is 180 Å². The van der Waals surface area contributed by atoms with E-state index >= 15 is 0 Å². The van der Waals surface area contributed by atoms with Crippen molar-refractivity contribution in [3.8, 4) is 11.1 Å². The SMILES string of the molecule is CC(C)[C@@H](NC(=O)OCC1c2ccccc2-c2ccccc21)C(=O)N(C)OCC(=O)O. The van der Waals surface area contributed by atoms with Gasteiger partial charge in [0.2, 0.25) is 0 Å². The molecule has 0 radical (unpaired) electrons. The summed E-state index contributed by atoms with van der Waals surface area (Å²) in [7, 11) is 1.31. The van der Waals surface area contributed by atoms with Crippen molar-refractivity contribution in [2.75, 3.05) is 20.3 Å². The Hall–Kier alpha value is -3.39. The van der Waals surface area contributed by atoms with Crippen LogP contribution in [0.4, 0.5) is 4.79 Å². The van der Waals surface area contributed by atoms with E-state index in [-0.39, 0.29) is 18.4 Å². The van der Waals surface area contributed by atoms with Crippen LogP contribution in [0.2, 0.25) is 0 Å². The van der Waals surface area contributed by atoms with Crippen LogP contribution in [-0.4, -0.2) is 54.4 Å². The Morgan fingerprint density at radius 2 is 1.58 bits per heavy atom. The summed E-state index contributed by atoms with van der Waals surface area (Å²) < 4.78 is 5.49. The van der Waals surface area contributed by atoms with Crippen LogP contribution in [0.1, 0.15) is 30.9 Å². The van der Waals surface area contributed by atoms with Gasteiger partial charge in [-0.05, 0) is 28.2 Å². The van der Waals surface area contributed by atoms with E-state index in [1.807, 2.05) is 36.4 Å². The highest BCUT2D eigenvalue weighted by atomic mass is 16.7. The van der Waals surface area contributed by atoms with Gasteiger partial charge in [-0.3, -0.25) is 9.63 Å². The van der Waals surface area contributed by atoms with Gasteiger partial charge in [-0.15, -0.1) is 0 Å². The molecule has 0 unspecified atom stereocenters. The number of fused-ring (bicyclic) bond motifs is 3. The highest BCUT2D eigenvalue weighted by Gasteiger charge is 2.31. The summed E-state index contributed by atoms with van der Waals surface area (Å²) in [5.74, 6) is -2.12. The van der Waals surface area contributed by atoms with E-state index in [2.05, 4.69) is 17.4 Å². The first-order valence-corrected chi connectivity index (χ1v) is 10.0. The zero-order chi connectivity index (χ0) is 22.5. The van der Waals surface area contributed by atoms with Crippen LogP contribution in [-0.2, 0) is 19.2 Å². The predicted molar refractivity (Wildman–Crippen MR) is 113 cm³/mol. The predicted octanol–water partition coefficient (Wildman–Crippen LogP) is 3.02. The number of benzene rings is 2. The molecule has 3 rings (SSSR count). The number of hydroxylamine groups is 2. The normalized spacial score (nSPS) is 13.3. The zero-order valence-electron chi connectivity index (χ0n) is 17.7. The first-order chi connectivity index (χ1) is 14.8. The van der Waals surface area contributed by atoms with Crippen molar-refractivity contribution in [1.29, 1.82) is 0 Å². The van der Waals surface area contributed by atoms with E-state index in [0.29, 0.717) is 0 Å². The fraction of sp³-hybridized carbons (Fsp3) is 0.348. The summed E-state index contributed by atoms with van der Waals surface area (Å²) >= 11 is 0. The summed E-state index contributed by atoms with van der Waals surface area (Å²) in [5, 5.41) is 12.1. The number of nitrogens with zero attached hydrogens (tertiary/aromatic N) is 1. The summed E-state index contributed by atoms with van der Waals surface area (Å²) in [4.78, 5) is 40.6. The maximum Gasteiger partial charge on any atom is 0.407 e. The molecule has 0 aliphatic heterocycles. The molecule has 2 aromatic carbocycles. The maximum absolute atomic E-state index is 12.6. The van der Waals surface area contributed by atoms with Crippen LogP contribution in [0, 0.1) is 5.92 Å². The van der Waals surface area contributed by atoms with E-state index in [1.165, 1.54) is 7.05 Å². The maximum atomic E-state index is 12.6. The molecule has 1 atom stereocenters. The number of likely N-dealkylation sites (N-methyl/N-ethyl adjacent to an activating group) is 1. The van der Waals surface area contributed by atoms with E-state index in [4.69, 9.17) is 14.7 Å². The van der Waals surface area contributed by atoms with Gasteiger partial charge in [-0.2, -0.15) is 0 Å². The molecule has 0 saturated heterocycles. The van der Waals surface area contributed by atoms with Gasteiger partial charge in [0.1, 0.15) is 12.6 Å². The van der Waals surface area contributed by atoms with E-state index < -0.39 is 30.6 Å². The number of rotatable bonds is 8. The molecule has 2 aromatic rings. The molecule has 0 aromatic heterocycles. The Bertz CT molecular complexity index is 929. The molecule has 2 N–H and O–H groups in total. The van der Waals surface area contributed by atoms with Crippen molar-refractivity contribution in [3.63, 3.8) is 0 Å². The second-order valence-corrected chi connectivity index (χ2v) is 7.69. The minimum Gasteiger partial charge on any atom is -0.479 e. The molecule has 31 heavy (non-hydrogen) atoms. The number of carbonyl (C=O) groups is 3. The Balaban J connectivity index is 1.65. The topological polar surface area (TPSA) is 105 Å². The molecule has 0 saturated carbocycles. The van der Waals surface area contributed by atoms with E-state index in [0.717, 1.165) is 27.3 Å². The molecule has 0 spiro atoms. The van der Waals surface area contributed by atoms with Crippen LogP contribution in [0.5, 0.6) is 0 Å². The highest BCUT2D eigenvalue weighted by molar-refractivity contribution is 5.85. The van der Waals surface area contributed by atoms with Crippen LogP contribution in [0.25, 0.3) is 11.1 Å². The van der Waals surface area contributed by atoms with Gasteiger partial charge in [-0.25, -0.2) is 14.7 Å². The molecule has 0 bridgehead atoms. The smallest absolute Gasteiger partial charge is 0.407 e. The molecule has 1 aliphatic rings. The third kappa shape index (κ3) is 5.03. The fourth-order valence-corrected chi connectivity index (χ4v) is 3.69. The van der Waals surface area contributed by atoms with Gasteiger partial charge in [0, 0.05) is 13.0 Å². The lowest BCUT2D eigenvalue weighted by Crippen LogP contribution is -2.50. The number of aliphatic carboxylic acids is 1. The number of carboxylic acid groups (broad SMARTS) is 1. The van der Waals surface area contributed by atoms with Crippen molar-refractivity contribution < 1.29 is 29.1 Å². The molecule has 2 amide bonds. The van der Waals surface area contributed by atoms with E-state index in [9.17, 15) is 14.4 Å². The van der Waals surface area contributed by atoms with Gasteiger partial charge < -0.3 is 15.2 Å². The molecule has 1 aliphatic carbocycles. The molecular weight excluding hydrogens is 400 g/mol. The quantitative estimate of drug-likeness (QED) is 0.629. The molecule has 164 valence electrons. The number of hydrogen-bond donors (Lipinski definition) is 2. The molecular formula is C23H26N2O6. The first kappa shape index (κ1) is 22.3.